The van der Waals surface area contributed by atoms with E-state index in [1.54, 1.807) is 30.5 Å². The van der Waals surface area contributed by atoms with Crippen LogP contribution in [0.1, 0.15) is 11.1 Å². The first-order chi connectivity index (χ1) is 13.8. The third-order valence-electron chi connectivity index (χ3n) is 4.16. The van der Waals surface area contributed by atoms with Crippen LogP contribution in [0, 0.1) is 11.3 Å². The second-order valence-corrected chi connectivity index (χ2v) is 7.49. The van der Waals surface area contributed by atoms with Gasteiger partial charge in [-0.15, -0.1) is 23.5 Å². The van der Waals surface area contributed by atoms with Crippen LogP contribution in [0.15, 0.2) is 63.2 Å². The zero-order valence-corrected chi connectivity index (χ0v) is 17.0. The number of alkyl halides is 3. The lowest BCUT2D eigenvalue weighted by atomic mass is 10.1. The van der Waals surface area contributed by atoms with Gasteiger partial charge in [0.25, 0.3) is 5.56 Å². The van der Waals surface area contributed by atoms with Crippen LogP contribution >= 0.6 is 23.5 Å². The van der Waals surface area contributed by atoms with E-state index in [2.05, 4.69) is 4.98 Å². The fraction of sp³-hybridized carbons (Fsp3) is 0.150. The maximum absolute atomic E-state index is 13.6. The molecule has 0 atom stereocenters. The first-order valence-electron chi connectivity index (χ1n) is 8.24. The van der Waals surface area contributed by atoms with E-state index in [9.17, 15) is 23.2 Å². The van der Waals surface area contributed by atoms with Crippen molar-refractivity contribution in [1.29, 1.82) is 5.26 Å². The van der Waals surface area contributed by atoms with Gasteiger partial charge in [0.2, 0.25) is 0 Å². The van der Waals surface area contributed by atoms with Gasteiger partial charge in [0.05, 0.1) is 11.3 Å². The number of hydrogen-bond acceptors (Lipinski definition) is 5. The van der Waals surface area contributed by atoms with Gasteiger partial charge in [0.1, 0.15) is 22.5 Å². The molecule has 0 saturated heterocycles. The molecule has 0 bridgehead atoms. The molecule has 0 amide bonds. The number of benzene rings is 2. The Bertz CT molecular complexity index is 1150. The zero-order valence-electron chi connectivity index (χ0n) is 15.3. The summed E-state index contributed by atoms with van der Waals surface area (Å²) >= 11 is 2.52. The molecule has 0 aliphatic rings. The Balaban J connectivity index is 2.43. The second-order valence-electron chi connectivity index (χ2n) is 5.81. The van der Waals surface area contributed by atoms with Crippen molar-refractivity contribution in [3.8, 4) is 23.1 Å². The van der Waals surface area contributed by atoms with Crippen molar-refractivity contribution >= 4 is 23.5 Å². The molecule has 0 radical (unpaired) electrons. The zero-order chi connectivity index (χ0) is 21.2. The van der Waals surface area contributed by atoms with Crippen LogP contribution in [0.4, 0.5) is 13.2 Å². The molecule has 0 aliphatic heterocycles. The topological polar surface area (TPSA) is 58.7 Å². The Morgan fingerprint density at radius 2 is 1.69 bits per heavy atom. The van der Waals surface area contributed by atoms with Gasteiger partial charge in [-0.3, -0.25) is 9.36 Å². The van der Waals surface area contributed by atoms with Crippen LogP contribution in [-0.4, -0.2) is 22.1 Å². The Morgan fingerprint density at radius 3 is 2.24 bits per heavy atom. The number of nitriles is 1. The molecule has 0 fully saturated rings. The number of nitrogens with zero attached hydrogens (tertiary/aromatic N) is 3. The van der Waals surface area contributed by atoms with Crippen molar-refractivity contribution in [3.05, 3.63) is 70.0 Å². The third kappa shape index (κ3) is 4.04. The predicted octanol–water partition coefficient (Wildman–Crippen LogP) is 5.23. The van der Waals surface area contributed by atoms with Gasteiger partial charge in [-0.1, -0.05) is 18.2 Å². The standard InChI is InChI=1S/C20H14F3N3OS2/c1-28-13-9-7-12(8-10-13)26-17(25-18(29-2)15(11-24)19(26)27)14-5-3-4-6-16(14)20(21,22)23/h3-10H,1-2H3. The van der Waals surface area contributed by atoms with Crippen LogP contribution in [0.3, 0.4) is 0 Å². The Labute approximate surface area is 173 Å². The fourth-order valence-electron chi connectivity index (χ4n) is 2.82. The first kappa shape index (κ1) is 21.0. The Hall–Kier alpha value is -2.70. The van der Waals surface area contributed by atoms with Crippen LogP contribution in [0.5, 0.6) is 0 Å². The van der Waals surface area contributed by atoms with Crippen molar-refractivity contribution in [3.63, 3.8) is 0 Å². The van der Waals surface area contributed by atoms with Gasteiger partial charge < -0.3 is 0 Å². The van der Waals surface area contributed by atoms with Gasteiger partial charge >= 0.3 is 6.18 Å². The van der Waals surface area contributed by atoms with Crippen molar-refractivity contribution in [2.24, 2.45) is 0 Å². The minimum Gasteiger partial charge on any atom is -0.267 e. The molecule has 148 valence electrons. The van der Waals surface area contributed by atoms with E-state index in [0.29, 0.717) is 5.69 Å². The molecule has 9 heteroatoms. The summed E-state index contributed by atoms with van der Waals surface area (Å²) in [6, 6.07) is 13.5. The highest BCUT2D eigenvalue weighted by Gasteiger charge is 2.35. The molecule has 0 spiro atoms. The van der Waals surface area contributed by atoms with Crippen LogP contribution in [-0.2, 0) is 6.18 Å². The van der Waals surface area contributed by atoms with E-state index >= 15 is 0 Å². The summed E-state index contributed by atoms with van der Waals surface area (Å²) in [6.07, 6.45) is -1.14. The van der Waals surface area contributed by atoms with E-state index in [0.717, 1.165) is 27.3 Å². The van der Waals surface area contributed by atoms with Crippen molar-refractivity contribution in [2.75, 3.05) is 12.5 Å². The monoisotopic (exact) mass is 433 g/mol. The molecular weight excluding hydrogens is 419 g/mol. The highest BCUT2D eigenvalue weighted by Crippen LogP contribution is 2.37. The lowest BCUT2D eigenvalue weighted by Gasteiger charge is -2.18. The number of thioether (sulfide) groups is 2. The van der Waals surface area contributed by atoms with Crippen molar-refractivity contribution in [1.82, 2.24) is 9.55 Å². The molecule has 2 aromatic carbocycles. The van der Waals surface area contributed by atoms with Gasteiger partial charge in [0.15, 0.2) is 0 Å². The average Bonchev–Trinajstić information content (AvgIpc) is 2.72. The fourth-order valence-corrected chi connectivity index (χ4v) is 3.74. The van der Waals surface area contributed by atoms with E-state index in [1.807, 2.05) is 12.3 Å². The lowest BCUT2D eigenvalue weighted by molar-refractivity contribution is -0.137. The molecule has 1 aromatic heterocycles. The van der Waals surface area contributed by atoms with E-state index < -0.39 is 17.3 Å². The summed E-state index contributed by atoms with van der Waals surface area (Å²) in [4.78, 5) is 18.3. The molecule has 3 aromatic rings. The molecule has 0 unspecified atom stereocenters. The average molecular weight is 433 g/mol. The molecule has 29 heavy (non-hydrogen) atoms. The minimum atomic E-state index is -4.63. The van der Waals surface area contributed by atoms with E-state index in [4.69, 9.17) is 0 Å². The summed E-state index contributed by atoms with van der Waals surface area (Å²) in [7, 11) is 0. The van der Waals surface area contributed by atoms with Crippen molar-refractivity contribution < 1.29 is 13.2 Å². The molecule has 0 saturated carbocycles. The number of hydrogen-bond donors (Lipinski definition) is 0. The number of halogens is 3. The second kappa shape index (κ2) is 8.35. The van der Waals surface area contributed by atoms with Crippen molar-refractivity contribution in [2.45, 2.75) is 16.1 Å². The summed E-state index contributed by atoms with van der Waals surface area (Å²) < 4.78 is 41.9. The number of rotatable bonds is 4. The molecule has 4 nitrogen and oxygen atoms in total. The highest BCUT2D eigenvalue weighted by atomic mass is 32.2. The van der Waals surface area contributed by atoms with E-state index in [-0.39, 0.29) is 22.0 Å². The SMILES string of the molecule is CSc1ccc(-n2c(-c3ccccc3C(F)(F)F)nc(SC)c(C#N)c2=O)cc1. The summed E-state index contributed by atoms with van der Waals surface area (Å²) in [5.74, 6) is -0.164. The van der Waals surface area contributed by atoms with Gasteiger partial charge in [-0.25, -0.2) is 4.98 Å². The molecule has 3 rings (SSSR count). The summed E-state index contributed by atoms with van der Waals surface area (Å²) in [5, 5.41) is 9.51. The maximum Gasteiger partial charge on any atom is 0.417 e. The third-order valence-corrected chi connectivity index (χ3v) is 5.58. The van der Waals surface area contributed by atoms with Gasteiger partial charge in [0, 0.05) is 10.5 Å². The highest BCUT2D eigenvalue weighted by molar-refractivity contribution is 7.98. The Morgan fingerprint density at radius 1 is 1.03 bits per heavy atom. The quantitative estimate of drug-likeness (QED) is 0.416. The minimum absolute atomic E-state index is 0.0847. The molecule has 0 aliphatic carbocycles. The normalized spacial score (nSPS) is 11.3. The van der Waals surface area contributed by atoms with Crippen LogP contribution < -0.4 is 5.56 Å². The van der Waals surface area contributed by atoms with Gasteiger partial charge in [-0.2, -0.15) is 18.4 Å². The molecule has 1 heterocycles. The van der Waals surface area contributed by atoms with Gasteiger partial charge in [-0.05, 0) is 42.8 Å². The lowest BCUT2D eigenvalue weighted by Crippen LogP contribution is -2.26. The maximum atomic E-state index is 13.6. The Kier molecular flexibility index (Phi) is 6.05. The largest absolute Gasteiger partial charge is 0.417 e. The van der Waals surface area contributed by atoms with E-state index in [1.165, 1.54) is 30.0 Å². The molecule has 0 N–H and O–H groups in total. The van der Waals surface area contributed by atoms with Crippen LogP contribution in [0.25, 0.3) is 17.1 Å². The first-order valence-corrected chi connectivity index (χ1v) is 10.7. The van der Waals surface area contributed by atoms with Crippen LogP contribution in [0.2, 0.25) is 0 Å². The predicted molar refractivity (Wildman–Crippen MR) is 109 cm³/mol. The number of aromatic nitrogens is 2. The molecular formula is C20H14F3N3OS2. The summed E-state index contributed by atoms with van der Waals surface area (Å²) in [5.41, 5.74) is -1.73. The smallest absolute Gasteiger partial charge is 0.267 e. The summed E-state index contributed by atoms with van der Waals surface area (Å²) in [6.45, 7) is 0.